The molecule has 0 bridgehead atoms. The lowest BCUT2D eigenvalue weighted by atomic mass is 10.1. The topological polar surface area (TPSA) is 35.2 Å². The highest BCUT2D eigenvalue weighted by Crippen LogP contribution is 2.31. The SMILES string of the molecule is COc1c(C)cc(C(C)N)cc1Br. The Labute approximate surface area is 87.2 Å². The maximum absolute atomic E-state index is 5.78. The molecule has 13 heavy (non-hydrogen) atoms. The minimum atomic E-state index is 0.0564. The molecule has 0 amide bonds. The molecule has 3 heteroatoms. The molecule has 0 aliphatic heterocycles. The first-order chi connectivity index (χ1) is 6.06. The zero-order valence-corrected chi connectivity index (χ0v) is 9.68. The summed E-state index contributed by atoms with van der Waals surface area (Å²) in [7, 11) is 1.67. The van der Waals surface area contributed by atoms with E-state index in [1.165, 1.54) is 0 Å². The second kappa shape index (κ2) is 4.11. The second-order valence-corrected chi connectivity index (χ2v) is 4.00. The quantitative estimate of drug-likeness (QED) is 0.868. The van der Waals surface area contributed by atoms with Crippen molar-refractivity contribution in [3.05, 3.63) is 27.7 Å². The average Bonchev–Trinajstić information content (AvgIpc) is 2.03. The van der Waals surface area contributed by atoms with Crippen molar-refractivity contribution < 1.29 is 4.74 Å². The summed E-state index contributed by atoms with van der Waals surface area (Å²) in [5, 5.41) is 0. The summed E-state index contributed by atoms with van der Waals surface area (Å²) in [5.41, 5.74) is 8.00. The Kier molecular flexibility index (Phi) is 3.33. The van der Waals surface area contributed by atoms with Crippen molar-refractivity contribution in [3.8, 4) is 5.75 Å². The van der Waals surface area contributed by atoms with Crippen molar-refractivity contribution in [1.82, 2.24) is 0 Å². The van der Waals surface area contributed by atoms with Gasteiger partial charge >= 0.3 is 0 Å². The molecule has 0 aromatic heterocycles. The van der Waals surface area contributed by atoms with Gasteiger partial charge in [-0.05, 0) is 47.0 Å². The number of rotatable bonds is 2. The Morgan fingerprint density at radius 3 is 2.46 bits per heavy atom. The molecule has 0 aliphatic rings. The van der Waals surface area contributed by atoms with Gasteiger partial charge in [0.15, 0.2) is 0 Å². The summed E-state index contributed by atoms with van der Waals surface area (Å²) in [6.45, 7) is 3.98. The van der Waals surface area contributed by atoms with Gasteiger partial charge in [0.25, 0.3) is 0 Å². The van der Waals surface area contributed by atoms with E-state index in [1.807, 2.05) is 26.0 Å². The molecule has 1 aromatic carbocycles. The van der Waals surface area contributed by atoms with Crippen LogP contribution >= 0.6 is 15.9 Å². The molecule has 2 N–H and O–H groups in total. The third-order valence-electron chi connectivity index (χ3n) is 1.98. The van der Waals surface area contributed by atoms with Crippen LogP contribution in [0, 0.1) is 6.92 Å². The predicted molar refractivity (Wildman–Crippen MR) is 58.0 cm³/mol. The zero-order chi connectivity index (χ0) is 10.0. The monoisotopic (exact) mass is 243 g/mol. The number of benzene rings is 1. The van der Waals surface area contributed by atoms with Crippen LogP contribution in [-0.2, 0) is 0 Å². The highest BCUT2D eigenvalue weighted by Gasteiger charge is 2.08. The number of nitrogens with two attached hydrogens (primary N) is 1. The normalized spacial score (nSPS) is 12.7. The fourth-order valence-corrected chi connectivity index (χ4v) is 2.02. The van der Waals surface area contributed by atoms with Crippen molar-refractivity contribution in [2.24, 2.45) is 5.73 Å². The zero-order valence-electron chi connectivity index (χ0n) is 8.10. The molecule has 0 saturated heterocycles. The maximum atomic E-state index is 5.78. The van der Waals surface area contributed by atoms with Crippen LogP contribution in [0.25, 0.3) is 0 Å². The van der Waals surface area contributed by atoms with Crippen molar-refractivity contribution >= 4 is 15.9 Å². The van der Waals surface area contributed by atoms with Gasteiger partial charge in [-0.1, -0.05) is 6.07 Å². The lowest BCUT2D eigenvalue weighted by Crippen LogP contribution is -2.05. The van der Waals surface area contributed by atoms with Crippen LogP contribution in [0.2, 0.25) is 0 Å². The van der Waals surface area contributed by atoms with E-state index < -0.39 is 0 Å². The van der Waals surface area contributed by atoms with E-state index in [-0.39, 0.29) is 6.04 Å². The van der Waals surface area contributed by atoms with E-state index in [4.69, 9.17) is 10.5 Å². The molecule has 0 fully saturated rings. The molecule has 0 aliphatic carbocycles. The van der Waals surface area contributed by atoms with Gasteiger partial charge < -0.3 is 10.5 Å². The molecular formula is C10H14BrNO. The molecule has 0 saturated carbocycles. The summed E-state index contributed by atoms with van der Waals surface area (Å²) < 4.78 is 6.18. The second-order valence-electron chi connectivity index (χ2n) is 3.14. The number of aryl methyl sites for hydroxylation is 1. The maximum Gasteiger partial charge on any atom is 0.135 e. The molecule has 0 spiro atoms. The molecule has 1 atom stereocenters. The third kappa shape index (κ3) is 2.23. The highest BCUT2D eigenvalue weighted by molar-refractivity contribution is 9.10. The smallest absolute Gasteiger partial charge is 0.135 e. The molecule has 1 unspecified atom stereocenters. The Morgan fingerprint density at radius 2 is 2.08 bits per heavy atom. The van der Waals surface area contributed by atoms with Crippen molar-refractivity contribution in [3.63, 3.8) is 0 Å². The van der Waals surface area contributed by atoms with Crippen molar-refractivity contribution in [2.45, 2.75) is 19.9 Å². The lowest BCUT2D eigenvalue weighted by molar-refractivity contribution is 0.408. The van der Waals surface area contributed by atoms with E-state index >= 15 is 0 Å². The van der Waals surface area contributed by atoms with Crippen LogP contribution in [0.15, 0.2) is 16.6 Å². The largest absolute Gasteiger partial charge is 0.495 e. The third-order valence-corrected chi connectivity index (χ3v) is 2.57. The Morgan fingerprint density at radius 1 is 1.46 bits per heavy atom. The predicted octanol–water partition coefficient (Wildman–Crippen LogP) is 2.79. The molecule has 2 nitrogen and oxygen atoms in total. The van der Waals surface area contributed by atoms with E-state index in [0.717, 1.165) is 21.3 Å². The number of hydrogen-bond acceptors (Lipinski definition) is 2. The standard InChI is InChI=1S/C10H14BrNO/c1-6-4-8(7(2)12)5-9(11)10(6)13-3/h4-5,7H,12H2,1-3H3. The minimum absolute atomic E-state index is 0.0564. The number of methoxy groups -OCH3 is 1. The van der Waals surface area contributed by atoms with Gasteiger partial charge in [-0.25, -0.2) is 0 Å². The summed E-state index contributed by atoms with van der Waals surface area (Å²) in [6, 6.07) is 4.10. The van der Waals surface area contributed by atoms with Gasteiger partial charge in [-0.3, -0.25) is 0 Å². The van der Waals surface area contributed by atoms with E-state index in [1.54, 1.807) is 7.11 Å². The first-order valence-electron chi connectivity index (χ1n) is 4.16. The Balaban J connectivity index is 3.20. The summed E-state index contributed by atoms with van der Waals surface area (Å²) >= 11 is 3.45. The number of hydrogen-bond donors (Lipinski definition) is 1. The summed E-state index contributed by atoms with van der Waals surface area (Å²) in [4.78, 5) is 0. The Hall–Kier alpha value is -0.540. The highest BCUT2D eigenvalue weighted by atomic mass is 79.9. The lowest BCUT2D eigenvalue weighted by Gasteiger charge is -2.12. The van der Waals surface area contributed by atoms with E-state index in [0.29, 0.717) is 0 Å². The molecule has 1 rings (SSSR count). The van der Waals surface area contributed by atoms with Gasteiger partial charge in [0, 0.05) is 6.04 Å². The fourth-order valence-electron chi connectivity index (χ4n) is 1.28. The molecule has 0 heterocycles. The minimum Gasteiger partial charge on any atom is -0.495 e. The van der Waals surface area contributed by atoms with Crippen LogP contribution in [0.5, 0.6) is 5.75 Å². The van der Waals surface area contributed by atoms with Gasteiger partial charge in [-0.2, -0.15) is 0 Å². The first-order valence-corrected chi connectivity index (χ1v) is 4.95. The van der Waals surface area contributed by atoms with Crippen LogP contribution in [-0.4, -0.2) is 7.11 Å². The molecular weight excluding hydrogens is 230 g/mol. The molecule has 0 radical (unpaired) electrons. The average molecular weight is 244 g/mol. The summed E-state index contributed by atoms with van der Waals surface area (Å²) in [5.74, 6) is 0.879. The van der Waals surface area contributed by atoms with Crippen LogP contribution < -0.4 is 10.5 Å². The van der Waals surface area contributed by atoms with Crippen LogP contribution in [0.1, 0.15) is 24.1 Å². The van der Waals surface area contributed by atoms with Gasteiger partial charge in [0.1, 0.15) is 5.75 Å². The molecule has 1 aromatic rings. The van der Waals surface area contributed by atoms with Crippen LogP contribution in [0.4, 0.5) is 0 Å². The number of ether oxygens (including phenoxy) is 1. The van der Waals surface area contributed by atoms with E-state index in [2.05, 4.69) is 15.9 Å². The van der Waals surface area contributed by atoms with Gasteiger partial charge in [0.05, 0.1) is 11.6 Å². The molecule has 72 valence electrons. The number of halogens is 1. The Bertz CT molecular complexity index is 287. The van der Waals surface area contributed by atoms with Crippen molar-refractivity contribution in [2.75, 3.05) is 7.11 Å². The van der Waals surface area contributed by atoms with Crippen LogP contribution in [0.3, 0.4) is 0 Å². The van der Waals surface area contributed by atoms with Gasteiger partial charge in [0.2, 0.25) is 0 Å². The van der Waals surface area contributed by atoms with Crippen molar-refractivity contribution in [1.29, 1.82) is 0 Å². The first kappa shape index (κ1) is 10.5. The fraction of sp³-hybridized carbons (Fsp3) is 0.400. The van der Waals surface area contributed by atoms with Gasteiger partial charge in [-0.15, -0.1) is 0 Å². The van der Waals surface area contributed by atoms with E-state index in [9.17, 15) is 0 Å². The summed E-state index contributed by atoms with van der Waals surface area (Å²) in [6.07, 6.45) is 0.